The highest BCUT2D eigenvalue weighted by Gasteiger charge is 2.26. The predicted molar refractivity (Wildman–Crippen MR) is 86.8 cm³/mol. The molecule has 2 saturated heterocycles. The van der Waals surface area contributed by atoms with Crippen molar-refractivity contribution in [2.45, 2.75) is 19.3 Å². The lowest BCUT2D eigenvalue weighted by Gasteiger charge is -2.06. The topological polar surface area (TPSA) is 80.3 Å². The number of nitrogens with one attached hydrogen (secondary N) is 2. The van der Waals surface area contributed by atoms with Crippen molar-refractivity contribution in [2.75, 3.05) is 31.6 Å². The highest BCUT2D eigenvalue weighted by atomic mass is 35.5. The minimum Gasteiger partial charge on any atom is -0.381 e. The largest absolute Gasteiger partial charge is 0.381 e. The standard InChI is InChI=1S/C14H19N3O3S.ClH/c18-12(5-9-1-3-15-6-9)17-14-16-7-11(21-14)13(19)10-2-4-20-8-10;/h7,9-10,15H,1-6,8H2,(H,16,17,18);1H/t9-,10?;/m1./s1. The second-order valence-electron chi connectivity index (χ2n) is 5.57. The molecule has 1 aromatic rings. The number of carbonyl (C=O) groups is 2. The molecule has 1 aromatic heterocycles. The lowest BCUT2D eigenvalue weighted by atomic mass is 10.0. The Hall–Kier alpha value is -1.02. The molecule has 1 unspecified atom stereocenters. The number of hydrogen-bond donors (Lipinski definition) is 2. The van der Waals surface area contributed by atoms with Gasteiger partial charge in [0.2, 0.25) is 5.91 Å². The Morgan fingerprint density at radius 2 is 2.32 bits per heavy atom. The molecular weight excluding hydrogens is 326 g/mol. The summed E-state index contributed by atoms with van der Waals surface area (Å²) in [6.07, 6.45) is 3.87. The van der Waals surface area contributed by atoms with Gasteiger partial charge in [0.1, 0.15) is 0 Å². The van der Waals surface area contributed by atoms with Gasteiger partial charge in [0.25, 0.3) is 0 Å². The van der Waals surface area contributed by atoms with Gasteiger partial charge < -0.3 is 15.4 Å². The molecule has 1 amide bonds. The van der Waals surface area contributed by atoms with Gasteiger partial charge in [-0.3, -0.25) is 9.59 Å². The number of ether oxygens (including phenoxy) is 1. The Bertz CT molecular complexity index is 525. The molecule has 2 fully saturated rings. The first-order chi connectivity index (χ1) is 10.2. The summed E-state index contributed by atoms with van der Waals surface area (Å²) in [6, 6.07) is 0. The van der Waals surface area contributed by atoms with Crippen molar-refractivity contribution in [3.8, 4) is 0 Å². The van der Waals surface area contributed by atoms with Crippen LogP contribution in [-0.2, 0) is 9.53 Å². The summed E-state index contributed by atoms with van der Waals surface area (Å²) in [5, 5.41) is 6.54. The number of carbonyl (C=O) groups excluding carboxylic acids is 2. The first kappa shape index (κ1) is 17.3. The van der Waals surface area contributed by atoms with E-state index in [2.05, 4.69) is 15.6 Å². The molecule has 3 rings (SSSR count). The molecule has 0 aromatic carbocycles. The number of halogens is 1. The first-order valence-electron chi connectivity index (χ1n) is 7.30. The third-order valence-electron chi connectivity index (χ3n) is 3.93. The van der Waals surface area contributed by atoms with E-state index in [0.29, 0.717) is 35.6 Å². The fourth-order valence-corrected chi connectivity index (χ4v) is 3.56. The lowest BCUT2D eigenvalue weighted by Crippen LogP contribution is -2.18. The summed E-state index contributed by atoms with van der Waals surface area (Å²) in [5.41, 5.74) is 0. The van der Waals surface area contributed by atoms with E-state index in [1.165, 1.54) is 11.3 Å². The first-order valence-corrected chi connectivity index (χ1v) is 8.12. The second-order valence-corrected chi connectivity index (χ2v) is 6.60. The van der Waals surface area contributed by atoms with Crippen LogP contribution in [0.15, 0.2) is 6.20 Å². The second kappa shape index (κ2) is 8.01. The van der Waals surface area contributed by atoms with Crippen LogP contribution in [0.2, 0.25) is 0 Å². The van der Waals surface area contributed by atoms with Crippen molar-refractivity contribution in [3.63, 3.8) is 0 Å². The van der Waals surface area contributed by atoms with E-state index in [1.807, 2.05) is 0 Å². The van der Waals surface area contributed by atoms with E-state index in [0.717, 1.165) is 25.9 Å². The fraction of sp³-hybridized carbons (Fsp3) is 0.643. The van der Waals surface area contributed by atoms with Gasteiger partial charge in [-0.25, -0.2) is 4.98 Å². The van der Waals surface area contributed by atoms with Crippen molar-refractivity contribution in [1.82, 2.24) is 10.3 Å². The van der Waals surface area contributed by atoms with Crippen LogP contribution in [0.25, 0.3) is 0 Å². The Morgan fingerprint density at radius 1 is 1.45 bits per heavy atom. The number of Topliss-reactive ketones (excluding diaryl/α,β-unsaturated/α-hetero) is 1. The molecule has 2 aliphatic heterocycles. The van der Waals surface area contributed by atoms with E-state index in [1.54, 1.807) is 6.20 Å². The van der Waals surface area contributed by atoms with Gasteiger partial charge in [-0.2, -0.15) is 0 Å². The molecule has 2 N–H and O–H groups in total. The van der Waals surface area contributed by atoms with Gasteiger partial charge in [0.15, 0.2) is 10.9 Å². The molecule has 0 aliphatic carbocycles. The van der Waals surface area contributed by atoms with E-state index in [9.17, 15) is 9.59 Å². The van der Waals surface area contributed by atoms with Crippen molar-refractivity contribution in [1.29, 1.82) is 0 Å². The van der Waals surface area contributed by atoms with Crippen molar-refractivity contribution in [2.24, 2.45) is 11.8 Å². The van der Waals surface area contributed by atoms with Crippen molar-refractivity contribution in [3.05, 3.63) is 11.1 Å². The summed E-state index contributed by atoms with van der Waals surface area (Å²) in [4.78, 5) is 28.9. The Labute approximate surface area is 139 Å². The molecule has 8 heteroatoms. The van der Waals surface area contributed by atoms with Crippen LogP contribution in [0.3, 0.4) is 0 Å². The van der Waals surface area contributed by atoms with Gasteiger partial charge in [0.05, 0.1) is 17.7 Å². The maximum Gasteiger partial charge on any atom is 0.226 e. The average Bonchev–Trinajstić information content (AvgIpc) is 3.20. The van der Waals surface area contributed by atoms with E-state index >= 15 is 0 Å². The van der Waals surface area contributed by atoms with Crippen LogP contribution in [0.1, 0.15) is 28.9 Å². The number of rotatable bonds is 5. The van der Waals surface area contributed by atoms with Crippen LogP contribution in [0.5, 0.6) is 0 Å². The highest BCUT2D eigenvalue weighted by Crippen LogP contribution is 2.25. The third-order valence-corrected chi connectivity index (χ3v) is 4.86. The predicted octanol–water partition coefficient (Wildman–Crippen LogP) is 1.72. The maximum absolute atomic E-state index is 12.2. The van der Waals surface area contributed by atoms with Gasteiger partial charge in [-0.15, -0.1) is 12.4 Å². The molecule has 0 spiro atoms. The van der Waals surface area contributed by atoms with Crippen molar-refractivity contribution < 1.29 is 14.3 Å². The SMILES string of the molecule is Cl.O=C(C[C@H]1CCNC1)Nc1ncc(C(=O)C2CCOC2)s1. The molecular formula is C14H20ClN3O3S. The quantitative estimate of drug-likeness (QED) is 0.794. The van der Waals surface area contributed by atoms with Crippen molar-refractivity contribution >= 4 is 40.6 Å². The smallest absolute Gasteiger partial charge is 0.226 e. The molecule has 3 heterocycles. The summed E-state index contributed by atoms with van der Waals surface area (Å²) < 4.78 is 5.23. The zero-order valence-electron chi connectivity index (χ0n) is 12.2. The minimum atomic E-state index is -0.0569. The average molecular weight is 346 g/mol. The van der Waals surface area contributed by atoms with Crippen LogP contribution in [0, 0.1) is 11.8 Å². The number of thiazole rings is 1. The fourth-order valence-electron chi connectivity index (χ4n) is 2.71. The summed E-state index contributed by atoms with van der Waals surface area (Å²) in [5.74, 6) is 0.395. The van der Waals surface area contributed by atoms with E-state index in [4.69, 9.17) is 4.74 Å². The summed E-state index contributed by atoms with van der Waals surface area (Å²) in [6.45, 7) is 3.02. The molecule has 0 bridgehead atoms. The maximum atomic E-state index is 12.2. The summed E-state index contributed by atoms with van der Waals surface area (Å²) >= 11 is 1.25. The van der Waals surface area contributed by atoms with Crippen LogP contribution < -0.4 is 10.6 Å². The monoisotopic (exact) mass is 345 g/mol. The molecule has 0 saturated carbocycles. The number of amides is 1. The van der Waals surface area contributed by atoms with Crippen LogP contribution >= 0.6 is 23.7 Å². The number of nitrogens with zero attached hydrogens (tertiary/aromatic N) is 1. The van der Waals surface area contributed by atoms with Gasteiger partial charge in [-0.1, -0.05) is 11.3 Å². The third kappa shape index (κ3) is 4.25. The zero-order valence-corrected chi connectivity index (χ0v) is 13.8. The molecule has 6 nitrogen and oxygen atoms in total. The molecule has 2 aliphatic rings. The van der Waals surface area contributed by atoms with Crippen LogP contribution in [-0.4, -0.2) is 43.0 Å². The minimum absolute atomic E-state index is 0. The zero-order chi connectivity index (χ0) is 14.7. The van der Waals surface area contributed by atoms with Gasteiger partial charge in [0, 0.05) is 18.9 Å². The van der Waals surface area contributed by atoms with E-state index < -0.39 is 0 Å². The molecule has 22 heavy (non-hydrogen) atoms. The summed E-state index contributed by atoms with van der Waals surface area (Å²) in [7, 11) is 0. The van der Waals surface area contributed by atoms with Crippen LogP contribution in [0.4, 0.5) is 5.13 Å². The van der Waals surface area contributed by atoms with E-state index in [-0.39, 0.29) is 30.0 Å². The normalized spacial score (nSPS) is 24.0. The van der Waals surface area contributed by atoms with Gasteiger partial charge >= 0.3 is 0 Å². The number of ketones is 1. The highest BCUT2D eigenvalue weighted by molar-refractivity contribution is 7.17. The lowest BCUT2D eigenvalue weighted by molar-refractivity contribution is -0.116. The molecule has 122 valence electrons. The number of hydrogen-bond acceptors (Lipinski definition) is 6. The van der Waals surface area contributed by atoms with Gasteiger partial charge in [-0.05, 0) is 31.8 Å². The molecule has 2 atom stereocenters. The number of aromatic nitrogens is 1. The Balaban J connectivity index is 0.00000176. The Morgan fingerprint density at radius 3 is 3.00 bits per heavy atom. The molecule has 0 radical (unpaired) electrons. The number of anilines is 1. The Kier molecular flexibility index (Phi) is 6.31.